The molecule has 3 aromatic rings. The van der Waals surface area contributed by atoms with E-state index in [1.54, 1.807) is 24.3 Å². The normalized spacial score (nSPS) is 9.54. The molecule has 0 fully saturated rings. The molecule has 0 aliphatic carbocycles. The van der Waals surface area contributed by atoms with Gasteiger partial charge in [0.25, 0.3) is 5.91 Å². The molecule has 0 heterocycles. The molecule has 0 radical (unpaired) electrons. The van der Waals surface area contributed by atoms with E-state index in [9.17, 15) is 4.79 Å². The molecule has 0 unspecified atom stereocenters. The summed E-state index contributed by atoms with van der Waals surface area (Å²) in [6.45, 7) is 0. The van der Waals surface area contributed by atoms with Crippen molar-refractivity contribution >= 4 is 28.9 Å². The topological polar surface area (TPSA) is 41.1 Å². The zero-order valence-corrected chi connectivity index (χ0v) is 14.7. The Labute approximate surface area is 158 Å². The van der Waals surface area contributed by atoms with E-state index in [0.29, 0.717) is 5.56 Å². The number of rotatable bonds is 2. The number of amides is 1. The molecule has 2 N–H and O–H groups in total. The van der Waals surface area contributed by atoms with Crippen LogP contribution in [0.1, 0.15) is 21.5 Å². The fourth-order valence-electron chi connectivity index (χ4n) is 2.28. The summed E-state index contributed by atoms with van der Waals surface area (Å²) in [4.78, 5) is 12.2. The zero-order chi connectivity index (χ0) is 18.2. The van der Waals surface area contributed by atoms with E-state index < -0.39 is 0 Å². The van der Waals surface area contributed by atoms with E-state index in [4.69, 9.17) is 12.2 Å². The van der Waals surface area contributed by atoms with Gasteiger partial charge in [-0.15, -0.1) is 0 Å². The van der Waals surface area contributed by atoms with Gasteiger partial charge in [-0.05, 0) is 48.6 Å². The molecule has 0 spiro atoms. The summed E-state index contributed by atoms with van der Waals surface area (Å²) in [6.07, 6.45) is 0. The Morgan fingerprint density at radius 1 is 0.769 bits per heavy atom. The quantitative estimate of drug-likeness (QED) is 0.534. The highest BCUT2D eigenvalue weighted by atomic mass is 32.1. The third-order valence-corrected chi connectivity index (χ3v) is 3.76. The first kappa shape index (κ1) is 17.4. The first-order valence-electron chi connectivity index (χ1n) is 8.06. The lowest BCUT2D eigenvalue weighted by atomic mass is 10.1. The van der Waals surface area contributed by atoms with Gasteiger partial charge < -0.3 is 5.32 Å². The largest absolute Gasteiger partial charge is 0.331 e. The molecule has 0 saturated heterocycles. The summed E-state index contributed by atoms with van der Waals surface area (Å²) in [6, 6.07) is 26.3. The van der Waals surface area contributed by atoms with Crippen LogP contribution in [0.5, 0.6) is 0 Å². The predicted octanol–water partition coefficient (Wildman–Crippen LogP) is 4.21. The lowest BCUT2D eigenvalue weighted by molar-refractivity contribution is 0.0977. The highest BCUT2D eigenvalue weighted by Gasteiger charge is 2.08. The van der Waals surface area contributed by atoms with Gasteiger partial charge in [-0.25, -0.2) is 0 Å². The Morgan fingerprint density at radius 3 is 2.12 bits per heavy atom. The first-order valence-corrected chi connectivity index (χ1v) is 8.47. The number of nitrogens with one attached hydrogen (secondary N) is 2. The van der Waals surface area contributed by atoms with Crippen molar-refractivity contribution in [3.05, 3.63) is 102 Å². The molecular weight excluding hydrogens is 340 g/mol. The Hall–Kier alpha value is -3.42. The van der Waals surface area contributed by atoms with Gasteiger partial charge in [-0.1, -0.05) is 60.4 Å². The minimum Gasteiger partial charge on any atom is -0.331 e. The summed E-state index contributed by atoms with van der Waals surface area (Å²) in [7, 11) is 0. The van der Waals surface area contributed by atoms with Gasteiger partial charge in [0.1, 0.15) is 0 Å². The van der Waals surface area contributed by atoms with Crippen molar-refractivity contribution in [3.63, 3.8) is 0 Å². The summed E-state index contributed by atoms with van der Waals surface area (Å²) < 4.78 is 0. The van der Waals surface area contributed by atoms with Gasteiger partial charge in [0, 0.05) is 16.7 Å². The lowest BCUT2D eigenvalue weighted by Gasteiger charge is -2.11. The molecule has 0 saturated carbocycles. The van der Waals surface area contributed by atoms with Crippen molar-refractivity contribution in [2.45, 2.75) is 0 Å². The van der Waals surface area contributed by atoms with Crippen LogP contribution in [0.4, 0.5) is 5.69 Å². The van der Waals surface area contributed by atoms with Gasteiger partial charge >= 0.3 is 0 Å². The van der Waals surface area contributed by atoms with E-state index in [-0.39, 0.29) is 11.0 Å². The monoisotopic (exact) mass is 356 g/mol. The van der Waals surface area contributed by atoms with Gasteiger partial charge in [0.2, 0.25) is 0 Å². The standard InChI is InChI=1S/C22H16N2OS/c25-21(19-12-5-2-6-13-19)24-22(26)23-20-14-8-7-11-18(20)16-15-17-9-3-1-4-10-17/h1-14H,(H2,23,24,25,26). The number of carbonyl (C=O) groups excluding carboxylic acids is 1. The molecule has 0 aliphatic rings. The molecule has 0 atom stereocenters. The molecular formula is C22H16N2OS. The minimum absolute atomic E-state index is 0.229. The first-order chi connectivity index (χ1) is 12.7. The van der Waals surface area contributed by atoms with Crippen LogP contribution in [-0.2, 0) is 0 Å². The maximum atomic E-state index is 12.2. The van der Waals surface area contributed by atoms with Crippen LogP contribution in [0.2, 0.25) is 0 Å². The van der Waals surface area contributed by atoms with E-state index >= 15 is 0 Å². The van der Waals surface area contributed by atoms with Crippen LogP contribution in [0.15, 0.2) is 84.9 Å². The maximum absolute atomic E-state index is 12.2. The number of hydrogen-bond acceptors (Lipinski definition) is 2. The van der Waals surface area contributed by atoms with Crippen molar-refractivity contribution in [1.82, 2.24) is 5.32 Å². The molecule has 126 valence electrons. The van der Waals surface area contributed by atoms with Gasteiger partial charge in [-0.2, -0.15) is 0 Å². The Bertz CT molecular complexity index is 973. The number of anilines is 1. The van der Waals surface area contributed by atoms with Gasteiger partial charge in [0.05, 0.1) is 5.69 Å². The van der Waals surface area contributed by atoms with Crippen LogP contribution in [0, 0.1) is 11.8 Å². The van der Waals surface area contributed by atoms with E-state index in [2.05, 4.69) is 22.5 Å². The van der Waals surface area contributed by atoms with Crippen LogP contribution in [0.3, 0.4) is 0 Å². The SMILES string of the molecule is O=C(NC(=S)Nc1ccccc1C#Cc1ccccc1)c1ccccc1. The van der Waals surface area contributed by atoms with Crippen molar-refractivity contribution in [2.24, 2.45) is 0 Å². The number of hydrogen-bond donors (Lipinski definition) is 2. The maximum Gasteiger partial charge on any atom is 0.257 e. The van der Waals surface area contributed by atoms with Gasteiger partial charge in [0.15, 0.2) is 5.11 Å². The average Bonchev–Trinajstić information content (AvgIpc) is 2.68. The smallest absolute Gasteiger partial charge is 0.257 e. The van der Waals surface area contributed by atoms with Crippen LogP contribution in [-0.4, -0.2) is 11.0 Å². The molecule has 0 aliphatic heterocycles. The Kier molecular flexibility index (Phi) is 5.76. The molecule has 3 rings (SSSR count). The third kappa shape index (κ3) is 4.79. The molecule has 0 aromatic heterocycles. The number of benzene rings is 3. The lowest BCUT2D eigenvalue weighted by Crippen LogP contribution is -2.34. The number of para-hydroxylation sites is 1. The summed E-state index contributed by atoms with van der Waals surface area (Å²) in [5.74, 6) is 6.00. The Morgan fingerprint density at radius 2 is 1.38 bits per heavy atom. The summed E-state index contributed by atoms with van der Waals surface area (Å²) in [5, 5.41) is 5.95. The highest BCUT2D eigenvalue weighted by molar-refractivity contribution is 7.80. The molecule has 3 aromatic carbocycles. The van der Waals surface area contributed by atoms with E-state index in [0.717, 1.165) is 16.8 Å². The van der Waals surface area contributed by atoms with Crippen molar-refractivity contribution in [1.29, 1.82) is 0 Å². The fraction of sp³-hybridized carbons (Fsp3) is 0. The highest BCUT2D eigenvalue weighted by Crippen LogP contribution is 2.14. The second-order valence-electron chi connectivity index (χ2n) is 5.44. The minimum atomic E-state index is -0.254. The average molecular weight is 356 g/mol. The molecule has 26 heavy (non-hydrogen) atoms. The molecule has 1 amide bonds. The predicted molar refractivity (Wildman–Crippen MR) is 109 cm³/mol. The van der Waals surface area contributed by atoms with E-state index in [1.807, 2.05) is 60.7 Å². The molecule has 4 heteroatoms. The van der Waals surface area contributed by atoms with Crippen molar-refractivity contribution < 1.29 is 4.79 Å². The van der Waals surface area contributed by atoms with E-state index in [1.165, 1.54) is 0 Å². The second-order valence-corrected chi connectivity index (χ2v) is 5.84. The summed E-state index contributed by atoms with van der Waals surface area (Å²) >= 11 is 5.26. The number of thiocarbonyl (C=S) groups is 1. The second kappa shape index (κ2) is 8.61. The van der Waals surface area contributed by atoms with Crippen LogP contribution >= 0.6 is 12.2 Å². The van der Waals surface area contributed by atoms with Crippen LogP contribution in [0.25, 0.3) is 0 Å². The zero-order valence-electron chi connectivity index (χ0n) is 13.9. The van der Waals surface area contributed by atoms with Crippen LogP contribution < -0.4 is 10.6 Å². The Balaban J connectivity index is 1.71. The fourth-order valence-corrected chi connectivity index (χ4v) is 2.48. The van der Waals surface area contributed by atoms with Crippen molar-refractivity contribution in [2.75, 3.05) is 5.32 Å². The van der Waals surface area contributed by atoms with Crippen molar-refractivity contribution in [3.8, 4) is 11.8 Å². The molecule has 0 bridgehead atoms. The third-order valence-electron chi connectivity index (χ3n) is 3.55. The summed E-state index contributed by atoms with van der Waals surface area (Å²) in [5.41, 5.74) is 3.03. The molecule has 3 nitrogen and oxygen atoms in total. The number of carbonyl (C=O) groups is 1. The van der Waals surface area contributed by atoms with Gasteiger partial charge in [-0.3, -0.25) is 10.1 Å².